The zero-order chi connectivity index (χ0) is 33.0. The van der Waals surface area contributed by atoms with E-state index in [1.165, 1.54) is 12.4 Å². The van der Waals surface area contributed by atoms with Crippen LogP contribution in [0, 0.1) is 11.2 Å². The third kappa shape index (κ3) is 7.43. The third-order valence-electron chi connectivity index (χ3n) is 7.67. The van der Waals surface area contributed by atoms with Crippen LogP contribution < -0.4 is 19.5 Å². The summed E-state index contributed by atoms with van der Waals surface area (Å²) in [6.07, 6.45) is 3.39. The van der Waals surface area contributed by atoms with Crippen molar-refractivity contribution in [2.24, 2.45) is 5.41 Å². The highest BCUT2D eigenvalue weighted by Gasteiger charge is 2.30. The highest BCUT2D eigenvalue weighted by molar-refractivity contribution is 8.00. The van der Waals surface area contributed by atoms with Gasteiger partial charge in [0.05, 0.1) is 42.2 Å². The van der Waals surface area contributed by atoms with E-state index in [-0.39, 0.29) is 16.2 Å². The van der Waals surface area contributed by atoms with E-state index in [4.69, 9.17) is 30.6 Å². The predicted molar refractivity (Wildman–Crippen MR) is 179 cm³/mol. The van der Waals surface area contributed by atoms with Crippen LogP contribution in [-0.4, -0.2) is 60.7 Å². The van der Waals surface area contributed by atoms with E-state index in [1.807, 2.05) is 45.0 Å². The maximum absolute atomic E-state index is 14.1. The highest BCUT2D eigenvalue weighted by Crippen LogP contribution is 2.43. The normalized spacial score (nSPS) is 15.4. The molecule has 5 rings (SSSR count). The van der Waals surface area contributed by atoms with Crippen molar-refractivity contribution in [2.75, 3.05) is 39.7 Å². The Labute approximate surface area is 277 Å². The van der Waals surface area contributed by atoms with Crippen LogP contribution in [-0.2, 0) is 16.2 Å². The van der Waals surface area contributed by atoms with E-state index < -0.39 is 11.2 Å². The van der Waals surface area contributed by atoms with E-state index >= 15 is 0 Å². The fourth-order valence-electron chi connectivity index (χ4n) is 5.24. The van der Waals surface area contributed by atoms with Gasteiger partial charge in [0.2, 0.25) is 0 Å². The van der Waals surface area contributed by atoms with Crippen molar-refractivity contribution in [1.29, 1.82) is 0 Å². The molecule has 46 heavy (non-hydrogen) atoms. The zero-order valence-electron chi connectivity index (χ0n) is 26.8. The molecule has 1 aliphatic rings. The number of hydroxylamine groups is 2. The van der Waals surface area contributed by atoms with E-state index in [0.29, 0.717) is 48.3 Å². The molecule has 0 amide bonds. The number of methoxy groups -OCH3 is 3. The van der Waals surface area contributed by atoms with Crippen molar-refractivity contribution in [3.63, 3.8) is 0 Å². The fraction of sp³-hybridized carbons (Fsp3) is 0.382. The van der Waals surface area contributed by atoms with Gasteiger partial charge in [0.25, 0.3) is 0 Å². The monoisotopic (exact) mass is 668 g/mol. The number of hydrogen-bond donors (Lipinski definition) is 1. The van der Waals surface area contributed by atoms with Gasteiger partial charge < -0.3 is 24.4 Å². The lowest BCUT2D eigenvalue weighted by molar-refractivity contribution is -0.203. The number of hydrogen-bond acceptors (Lipinski definition) is 10. The zero-order valence-corrected chi connectivity index (χ0v) is 28.4. The number of piperidine rings is 1. The second kappa shape index (κ2) is 14.3. The second-order valence-corrected chi connectivity index (χ2v) is 13.7. The van der Waals surface area contributed by atoms with Crippen molar-refractivity contribution in [1.82, 2.24) is 15.0 Å². The first kappa shape index (κ1) is 33.6. The van der Waals surface area contributed by atoms with Crippen LogP contribution in [0.5, 0.6) is 17.2 Å². The van der Waals surface area contributed by atoms with Gasteiger partial charge >= 0.3 is 5.97 Å². The van der Waals surface area contributed by atoms with Crippen LogP contribution >= 0.6 is 23.4 Å². The van der Waals surface area contributed by atoms with Crippen molar-refractivity contribution in [3.05, 3.63) is 65.2 Å². The number of ether oxygens (including phenoxy) is 3. The Kier molecular flexibility index (Phi) is 10.4. The summed E-state index contributed by atoms with van der Waals surface area (Å²) >= 11 is 7.85. The minimum absolute atomic E-state index is 0.00973. The number of carbonyl (C=O) groups is 1. The molecule has 0 radical (unpaired) electrons. The molecule has 2 heterocycles. The molecule has 4 aromatic rings. The van der Waals surface area contributed by atoms with Crippen LogP contribution in [0.15, 0.2) is 53.7 Å². The van der Waals surface area contributed by atoms with Crippen molar-refractivity contribution in [2.45, 2.75) is 50.3 Å². The van der Waals surface area contributed by atoms with Gasteiger partial charge in [-0.1, -0.05) is 23.7 Å². The van der Waals surface area contributed by atoms with Crippen molar-refractivity contribution in [3.8, 4) is 28.4 Å². The molecule has 0 unspecified atom stereocenters. The molecule has 0 bridgehead atoms. The van der Waals surface area contributed by atoms with Crippen molar-refractivity contribution < 1.29 is 28.2 Å². The Hall–Kier alpha value is -3.80. The number of nitrogens with one attached hydrogen (secondary N) is 1. The van der Waals surface area contributed by atoms with Crippen LogP contribution in [0.3, 0.4) is 0 Å². The third-order valence-corrected chi connectivity index (χ3v) is 9.25. The minimum atomic E-state index is -0.575. The number of thioether (sulfide) groups is 1. The Balaban J connectivity index is 1.43. The van der Waals surface area contributed by atoms with Gasteiger partial charge in [-0.15, -0.1) is 16.8 Å². The van der Waals surface area contributed by atoms with E-state index in [0.717, 1.165) is 39.8 Å². The molecule has 9 nitrogen and oxygen atoms in total. The lowest BCUT2D eigenvalue weighted by atomic mass is 9.97. The first-order chi connectivity index (χ1) is 22.0. The van der Waals surface area contributed by atoms with E-state index in [1.54, 1.807) is 50.3 Å². The number of halogens is 2. The molecule has 1 aliphatic heterocycles. The largest absolute Gasteiger partial charge is 0.496 e. The number of nitrogens with zero attached hydrogens (tertiary/aromatic N) is 3. The standard InChI is InChI=1S/C34H38ClFN4O5S/c1-34(2,3)33(41)45-40-13-7-8-22(18-40)46-29-15-23-26(16-28(29)43-5)38-19-39-32(23)37-17-21-10-12-27(42-4)31(44-6)30(21)20-9-11-25(36)24(35)14-20/h9-12,14-16,19,22H,7-8,13,17-18H2,1-6H3,(H,37,38,39)/t22-/m1/s1. The number of benzene rings is 3. The number of rotatable bonds is 10. The smallest absolute Gasteiger partial charge is 0.330 e. The Bertz CT molecular complexity index is 1730. The van der Waals surface area contributed by atoms with Gasteiger partial charge in [0.1, 0.15) is 23.7 Å². The molecule has 3 aromatic carbocycles. The Morgan fingerprint density at radius 3 is 2.54 bits per heavy atom. The van der Waals surface area contributed by atoms with Gasteiger partial charge in [0.15, 0.2) is 11.5 Å². The van der Waals surface area contributed by atoms with Crippen LogP contribution in [0.4, 0.5) is 10.2 Å². The molecular formula is C34H38ClFN4O5S. The SMILES string of the molecule is COc1cc2ncnc(NCc3ccc(OC)c(OC)c3-c3ccc(F)c(Cl)c3)c2cc1S[C@@H]1CCCN(OC(=O)C(C)(C)C)C1. The maximum Gasteiger partial charge on any atom is 0.330 e. The van der Waals surface area contributed by atoms with Gasteiger partial charge in [-0.3, -0.25) is 0 Å². The first-order valence-electron chi connectivity index (χ1n) is 14.9. The number of fused-ring (bicyclic) bond motifs is 1. The molecule has 0 spiro atoms. The summed E-state index contributed by atoms with van der Waals surface area (Å²) in [6, 6.07) is 12.3. The summed E-state index contributed by atoms with van der Waals surface area (Å²) in [6.45, 7) is 7.23. The first-order valence-corrected chi connectivity index (χ1v) is 16.2. The molecule has 0 saturated carbocycles. The lowest BCUT2D eigenvalue weighted by Crippen LogP contribution is -2.41. The summed E-state index contributed by atoms with van der Waals surface area (Å²) in [5.74, 6) is 1.65. The molecule has 244 valence electrons. The van der Waals surface area contributed by atoms with E-state index in [9.17, 15) is 9.18 Å². The van der Waals surface area contributed by atoms with Gasteiger partial charge in [-0.25, -0.2) is 19.2 Å². The van der Waals surface area contributed by atoms with Gasteiger partial charge in [-0.05, 0) is 69.0 Å². The topological polar surface area (TPSA) is 95.0 Å². The summed E-state index contributed by atoms with van der Waals surface area (Å²) in [7, 11) is 4.77. The molecule has 1 saturated heterocycles. The van der Waals surface area contributed by atoms with Crippen LogP contribution in [0.2, 0.25) is 5.02 Å². The molecule has 0 aliphatic carbocycles. The quantitative estimate of drug-likeness (QED) is 0.180. The molecule has 1 N–H and O–H groups in total. The van der Waals surface area contributed by atoms with Gasteiger partial charge in [-0.2, -0.15) is 0 Å². The minimum Gasteiger partial charge on any atom is -0.496 e. The van der Waals surface area contributed by atoms with Crippen LogP contribution in [0.25, 0.3) is 22.0 Å². The van der Waals surface area contributed by atoms with Crippen LogP contribution in [0.1, 0.15) is 39.2 Å². The lowest BCUT2D eigenvalue weighted by Gasteiger charge is -2.32. The maximum atomic E-state index is 14.1. The number of anilines is 1. The average molecular weight is 669 g/mol. The molecule has 12 heteroatoms. The van der Waals surface area contributed by atoms with E-state index in [2.05, 4.69) is 15.3 Å². The molecule has 1 fully saturated rings. The summed E-state index contributed by atoms with van der Waals surface area (Å²) < 4.78 is 31.1. The highest BCUT2D eigenvalue weighted by atomic mass is 35.5. The summed E-state index contributed by atoms with van der Waals surface area (Å²) in [4.78, 5) is 28.2. The number of aromatic nitrogens is 2. The number of carbonyl (C=O) groups excluding carboxylic acids is 1. The molecule has 1 atom stereocenters. The fourth-order valence-corrected chi connectivity index (χ4v) is 6.75. The Morgan fingerprint density at radius 2 is 1.85 bits per heavy atom. The second-order valence-electron chi connectivity index (χ2n) is 12.0. The Morgan fingerprint density at radius 1 is 1.07 bits per heavy atom. The van der Waals surface area contributed by atoms with Crippen molar-refractivity contribution >= 4 is 46.1 Å². The average Bonchev–Trinajstić information content (AvgIpc) is 3.04. The summed E-state index contributed by atoms with van der Waals surface area (Å²) in [5, 5.41) is 6.26. The van der Waals surface area contributed by atoms with Gasteiger partial charge in [0, 0.05) is 41.9 Å². The molecular weight excluding hydrogens is 631 g/mol. The summed E-state index contributed by atoms with van der Waals surface area (Å²) in [5.41, 5.74) is 2.42. The molecule has 1 aromatic heterocycles. The predicted octanol–water partition coefficient (Wildman–Crippen LogP) is 7.79.